The summed E-state index contributed by atoms with van der Waals surface area (Å²) in [5.41, 5.74) is 2.02. The van der Waals surface area contributed by atoms with Crippen molar-refractivity contribution < 1.29 is 19.4 Å². The fourth-order valence-corrected chi connectivity index (χ4v) is 3.12. The highest BCUT2D eigenvalue weighted by atomic mass is 32.1. The maximum atomic E-state index is 12.3. The summed E-state index contributed by atoms with van der Waals surface area (Å²) in [7, 11) is 0. The predicted molar refractivity (Wildman–Crippen MR) is 89.3 cm³/mol. The van der Waals surface area contributed by atoms with Gasteiger partial charge in [0.05, 0.1) is 6.54 Å². The summed E-state index contributed by atoms with van der Waals surface area (Å²) in [6.45, 7) is 5.71. The molecule has 0 unspecified atom stereocenters. The van der Waals surface area contributed by atoms with E-state index in [0.717, 1.165) is 16.0 Å². The first-order valence-electron chi connectivity index (χ1n) is 7.16. The van der Waals surface area contributed by atoms with Gasteiger partial charge in [0.2, 0.25) is 0 Å². The van der Waals surface area contributed by atoms with Crippen molar-refractivity contribution in [3.63, 3.8) is 0 Å². The first kappa shape index (κ1) is 17.0. The van der Waals surface area contributed by atoms with Gasteiger partial charge in [0.15, 0.2) is 6.61 Å². The number of carbonyl (C=O) groups excluding carboxylic acids is 1. The van der Waals surface area contributed by atoms with Crippen LogP contribution in [0.4, 0.5) is 0 Å². The number of carboxylic acid groups (broad SMARTS) is 1. The van der Waals surface area contributed by atoms with Gasteiger partial charge < -0.3 is 15.2 Å². The lowest BCUT2D eigenvalue weighted by Gasteiger charge is -2.13. The van der Waals surface area contributed by atoms with Crippen molar-refractivity contribution in [2.45, 2.75) is 27.3 Å². The topological polar surface area (TPSA) is 75.6 Å². The molecule has 0 saturated heterocycles. The van der Waals surface area contributed by atoms with Crippen LogP contribution in [0.5, 0.6) is 5.75 Å². The maximum absolute atomic E-state index is 12.3. The van der Waals surface area contributed by atoms with E-state index in [4.69, 9.17) is 9.84 Å². The summed E-state index contributed by atoms with van der Waals surface area (Å²) in [6, 6.07) is 7.44. The lowest BCUT2D eigenvalue weighted by atomic mass is 10.1. The van der Waals surface area contributed by atoms with E-state index in [1.807, 2.05) is 19.1 Å². The van der Waals surface area contributed by atoms with Gasteiger partial charge in [-0.3, -0.25) is 4.79 Å². The van der Waals surface area contributed by atoms with Gasteiger partial charge in [0.1, 0.15) is 5.75 Å². The van der Waals surface area contributed by atoms with Crippen LogP contribution in [0.3, 0.4) is 0 Å². The smallest absolute Gasteiger partial charge is 0.341 e. The molecule has 2 N–H and O–H groups in total. The molecular weight excluding hydrogens is 314 g/mol. The van der Waals surface area contributed by atoms with Gasteiger partial charge in [-0.1, -0.05) is 0 Å². The highest BCUT2D eigenvalue weighted by molar-refractivity contribution is 7.11. The first-order valence-corrected chi connectivity index (χ1v) is 7.98. The molecular formula is C17H19NO4S. The number of thiophene rings is 1. The molecule has 2 aromatic rings. The number of amides is 1. The van der Waals surface area contributed by atoms with Crippen molar-refractivity contribution in [2.75, 3.05) is 6.61 Å². The van der Waals surface area contributed by atoms with E-state index < -0.39 is 12.6 Å². The SMILES string of the molecule is Cc1ccc(CNC(=O)c2cc(C)c(OCC(=O)O)c(C)c2)s1. The Morgan fingerprint density at radius 3 is 2.35 bits per heavy atom. The van der Waals surface area contributed by atoms with Crippen LogP contribution >= 0.6 is 11.3 Å². The zero-order chi connectivity index (χ0) is 17.0. The number of carbonyl (C=O) groups is 2. The van der Waals surface area contributed by atoms with Gasteiger partial charge in [-0.05, 0) is 56.2 Å². The molecule has 1 aromatic carbocycles. The average molecular weight is 333 g/mol. The van der Waals surface area contributed by atoms with E-state index in [2.05, 4.69) is 5.32 Å². The molecule has 0 spiro atoms. The molecule has 0 bridgehead atoms. The Labute approximate surface area is 138 Å². The van der Waals surface area contributed by atoms with Gasteiger partial charge in [0.25, 0.3) is 5.91 Å². The molecule has 0 aliphatic heterocycles. The van der Waals surface area contributed by atoms with E-state index in [9.17, 15) is 9.59 Å². The van der Waals surface area contributed by atoms with E-state index in [1.165, 1.54) is 4.88 Å². The number of benzene rings is 1. The molecule has 6 heteroatoms. The molecule has 0 aliphatic carbocycles. The maximum Gasteiger partial charge on any atom is 0.341 e. The fraction of sp³-hybridized carbons (Fsp3) is 0.294. The van der Waals surface area contributed by atoms with E-state index in [1.54, 1.807) is 37.3 Å². The van der Waals surface area contributed by atoms with Crippen LogP contribution in [0.2, 0.25) is 0 Å². The van der Waals surface area contributed by atoms with Gasteiger partial charge in [-0.2, -0.15) is 0 Å². The largest absolute Gasteiger partial charge is 0.481 e. The highest BCUT2D eigenvalue weighted by Gasteiger charge is 2.13. The van der Waals surface area contributed by atoms with Crippen LogP contribution in [0.15, 0.2) is 24.3 Å². The van der Waals surface area contributed by atoms with Crippen LogP contribution in [0.25, 0.3) is 0 Å². The first-order chi connectivity index (χ1) is 10.9. The summed E-state index contributed by atoms with van der Waals surface area (Å²) in [5, 5.41) is 11.6. The van der Waals surface area contributed by atoms with Crippen LogP contribution in [-0.4, -0.2) is 23.6 Å². The Hall–Kier alpha value is -2.34. The number of aryl methyl sites for hydroxylation is 3. The van der Waals surface area contributed by atoms with E-state index in [0.29, 0.717) is 17.9 Å². The lowest BCUT2D eigenvalue weighted by Crippen LogP contribution is -2.22. The van der Waals surface area contributed by atoms with Gasteiger partial charge in [0, 0.05) is 15.3 Å². The molecule has 1 heterocycles. The minimum Gasteiger partial charge on any atom is -0.481 e. The van der Waals surface area contributed by atoms with Crippen molar-refractivity contribution in [3.8, 4) is 5.75 Å². The van der Waals surface area contributed by atoms with Crippen LogP contribution in [-0.2, 0) is 11.3 Å². The van der Waals surface area contributed by atoms with Crippen molar-refractivity contribution in [2.24, 2.45) is 0 Å². The molecule has 0 fully saturated rings. The van der Waals surface area contributed by atoms with Crippen LogP contribution in [0.1, 0.15) is 31.2 Å². The molecule has 2 rings (SSSR count). The van der Waals surface area contributed by atoms with Gasteiger partial charge in [-0.15, -0.1) is 11.3 Å². The van der Waals surface area contributed by atoms with E-state index >= 15 is 0 Å². The van der Waals surface area contributed by atoms with Crippen molar-refractivity contribution in [1.82, 2.24) is 5.32 Å². The summed E-state index contributed by atoms with van der Waals surface area (Å²) in [5.74, 6) is -0.679. The van der Waals surface area contributed by atoms with Crippen LogP contribution < -0.4 is 10.1 Å². The molecule has 0 radical (unpaired) electrons. The average Bonchev–Trinajstić information content (AvgIpc) is 2.89. The number of hydrogen-bond donors (Lipinski definition) is 2. The second kappa shape index (κ2) is 7.28. The zero-order valence-electron chi connectivity index (χ0n) is 13.3. The van der Waals surface area contributed by atoms with Gasteiger partial charge in [-0.25, -0.2) is 4.79 Å². The second-order valence-electron chi connectivity index (χ2n) is 5.32. The lowest BCUT2D eigenvalue weighted by molar-refractivity contribution is -0.139. The second-order valence-corrected chi connectivity index (χ2v) is 6.69. The standard InChI is InChI=1S/C17H19NO4S/c1-10-6-13(7-11(2)16(10)22-9-15(19)20)17(21)18-8-14-5-4-12(3)23-14/h4-7H,8-9H2,1-3H3,(H,18,21)(H,19,20). The minimum atomic E-state index is -1.03. The third-order valence-electron chi connectivity index (χ3n) is 3.28. The summed E-state index contributed by atoms with van der Waals surface area (Å²) < 4.78 is 5.27. The Kier molecular flexibility index (Phi) is 5.39. The van der Waals surface area contributed by atoms with Crippen molar-refractivity contribution in [3.05, 3.63) is 50.7 Å². The van der Waals surface area contributed by atoms with Crippen LogP contribution in [0, 0.1) is 20.8 Å². The quantitative estimate of drug-likeness (QED) is 0.852. The molecule has 1 aromatic heterocycles. The third-order valence-corrected chi connectivity index (χ3v) is 4.28. The molecule has 122 valence electrons. The van der Waals surface area contributed by atoms with Crippen molar-refractivity contribution in [1.29, 1.82) is 0 Å². The molecule has 1 amide bonds. The number of rotatable bonds is 6. The molecule has 0 saturated carbocycles. The molecule has 5 nitrogen and oxygen atoms in total. The zero-order valence-corrected chi connectivity index (χ0v) is 14.1. The number of hydrogen-bond acceptors (Lipinski definition) is 4. The highest BCUT2D eigenvalue weighted by Crippen LogP contribution is 2.25. The number of nitrogens with one attached hydrogen (secondary N) is 1. The van der Waals surface area contributed by atoms with Gasteiger partial charge >= 0.3 is 5.97 Å². The molecule has 23 heavy (non-hydrogen) atoms. The number of ether oxygens (including phenoxy) is 1. The summed E-state index contributed by atoms with van der Waals surface area (Å²) in [4.78, 5) is 25.2. The Bertz CT molecular complexity index is 713. The Morgan fingerprint density at radius 2 is 1.83 bits per heavy atom. The number of aliphatic carboxylic acids is 1. The van der Waals surface area contributed by atoms with E-state index in [-0.39, 0.29) is 5.91 Å². The summed E-state index contributed by atoms with van der Waals surface area (Å²) in [6.07, 6.45) is 0. The normalized spacial score (nSPS) is 10.4. The monoisotopic (exact) mass is 333 g/mol. The fourth-order valence-electron chi connectivity index (χ4n) is 2.29. The summed E-state index contributed by atoms with van der Waals surface area (Å²) >= 11 is 1.65. The van der Waals surface area contributed by atoms with Crippen molar-refractivity contribution >= 4 is 23.2 Å². The number of carboxylic acids is 1. The molecule has 0 aliphatic rings. The Morgan fingerprint density at radius 1 is 1.17 bits per heavy atom. The predicted octanol–water partition coefficient (Wildman–Crippen LogP) is 3.07. The third kappa shape index (κ3) is 4.56. The molecule has 0 atom stereocenters. The minimum absolute atomic E-state index is 0.160. The Balaban J connectivity index is 2.07.